The molecule has 160 valence electrons. The van der Waals surface area contributed by atoms with Crippen molar-refractivity contribution in [2.24, 2.45) is 0 Å². The molecular weight excluding hydrogens is 414 g/mol. The molecule has 2 aliphatic rings. The minimum atomic E-state index is -0.592. The summed E-state index contributed by atoms with van der Waals surface area (Å²) in [6, 6.07) is 8.97. The molecule has 8 heteroatoms. The summed E-state index contributed by atoms with van der Waals surface area (Å²) in [5.41, 5.74) is 1.64. The number of benzene rings is 1. The van der Waals surface area contributed by atoms with Gasteiger partial charge in [0.15, 0.2) is 5.65 Å². The molecule has 0 radical (unpaired) electrons. The lowest BCUT2D eigenvalue weighted by Gasteiger charge is -2.35. The maximum absolute atomic E-state index is 13.9. The summed E-state index contributed by atoms with van der Waals surface area (Å²) in [5, 5.41) is 11.2. The molecule has 0 unspecified atom stereocenters. The van der Waals surface area contributed by atoms with Gasteiger partial charge in [-0.25, -0.2) is 4.98 Å². The summed E-state index contributed by atoms with van der Waals surface area (Å²) in [6.07, 6.45) is 8.32. The number of hydrogen-bond donors (Lipinski definition) is 2. The van der Waals surface area contributed by atoms with Crippen molar-refractivity contribution >= 4 is 40.1 Å². The lowest BCUT2D eigenvalue weighted by molar-refractivity contribution is -0.141. The fourth-order valence-electron chi connectivity index (χ4n) is 5.08. The molecule has 31 heavy (non-hydrogen) atoms. The summed E-state index contributed by atoms with van der Waals surface area (Å²) >= 11 is 6.25. The number of carbonyl (C=O) groups excluding carboxylic acids is 2. The molecule has 3 heterocycles. The van der Waals surface area contributed by atoms with Crippen molar-refractivity contribution in [3.8, 4) is 0 Å². The SMILES string of the molecule is O=C(Nc1cnc2[nH]ncc2c1)[C@H]1CCCN1C(=O)C1(c2cccc(Cl)c2)CCCC1. The van der Waals surface area contributed by atoms with Gasteiger partial charge in [0.25, 0.3) is 0 Å². The third-order valence-electron chi connectivity index (χ3n) is 6.62. The van der Waals surface area contributed by atoms with Crippen LogP contribution in [0.5, 0.6) is 0 Å². The van der Waals surface area contributed by atoms with E-state index in [1.165, 1.54) is 0 Å². The van der Waals surface area contributed by atoms with Crippen molar-refractivity contribution in [1.29, 1.82) is 0 Å². The van der Waals surface area contributed by atoms with Gasteiger partial charge in [0.05, 0.1) is 23.5 Å². The zero-order valence-corrected chi connectivity index (χ0v) is 17.9. The van der Waals surface area contributed by atoms with E-state index in [1.807, 2.05) is 30.3 Å². The minimum absolute atomic E-state index is 0.0494. The van der Waals surface area contributed by atoms with Crippen molar-refractivity contribution < 1.29 is 9.59 Å². The predicted molar refractivity (Wildman–Crippen MR) is 119 cm³/mol. The maximum atomic E-state index is 13.9. The number of carbonyl (C=O) groups is 2. The van der Waals surface area contributed by atoms with Gasteiger partial charge in [-0.3, -0.25) is 14.7 Å². The van der Waals surface area contributed by atoms with Gasteiger partial charge in [0.1, 0.15) is 6.04 Å². The van der Waals surface area contributed by atoms with Crippen molar-refractivity contribution in [2.75, 3.05) is 11.9 Å². The van der Waals surface area contributed by atoms with Crippen LogP contribution >= 0.6 is 11.6 Å². The third kappa shape index (κ3) is 3.57. The highest BCUT2D eigenvalue weighted by atomic mass is 35.5. The summed E-state index contributed by atoms with van der Waals surface area (Å²) in [4.78, 5) is 33.1. The second-order valence-corrected chi connectivity index (χ2v) is 8.91. The molecule has 1 aliphatic heterocycles. The number of H-pyrrole nitrogens is 1. The standard InChI is InChI=1S/C23H24ClN5O2/c24-17-6-3-5-16(12-17)23(8-1-2-9-23)22(31)29-10-4-7-19(29)21(30)27-18-11-15-13-26-28-20(15)25-14-18/h3,5-6,11-14,19H,1-2,4,7-10H2,(H,27,30)(H,25,26,28)/t19-/m1/s1. The highest BCUT2D eigenvalue weighted by Crippen LogP contribution is 2.44. The van der Waals surface area contributed by atoms with E-state index < -0.39 is 11.5 Å². The van der Waals surface area contributed by atoms with E-state index in [0.717, 1.165) is 43.1 Å². The van der Waals surface area contributed by atoms with Crippen LogP contribution < -0.4 is 5.32 Å². The van der Waals surface area contributed by atoms with E-state index in [0.29, 0.717) is 29.3 Å². The van der Waals surface area contributed by atoms with Crippen molar-refractivity contribution in [2.45, 2.75) is 50.0 Å². The number of fused-ring (bicyclic) bond motifs is 1. The molecule has 1 aromatic carbocycles. The van der Waals surface area contributed by atoms with Gasteiger partial charge in [-0.15, -0.1) is 0 Å². The zero-order valence-electron chi connectivity index (χ0n) is 17.1. The van der Waals surface area contributed by atoms with Gasteiger partial charge in [-0.05, 0) is 49.4 Å². The smallest absolute Gasteiger partial charge is 0.247 e. The molecule has 2 aromatic heterocycles. The molecule has 3 aromatic rings. The number of nitrogens with one attached hydrogen (secondary N) is 2. The molecule has 7 nitrogen and oxygen atoms in total. The second-order valence-electron chi connectivity index (χ2n) is 8.48. The predicted octanol–water partition coefficient (Wildman–Crippen LogP) is 4.05. The van der Waals surface area contributed by atoms with E-state index in [-0.39, 0.29) is 11.8 Å². The number of aromatic amines is 1. The molecule has 1 saturated carbocycles. The molecule has 2 fully saturated rings. The first-order valence-corrected chi connectivity index (χ1v) is 11.1. The summed E-state index contributed by atoms with van der Waals surface area (Å²) < 4.78 is 0. The van der Waals surface area contributed by atoms with Crippen LogP contribution in [-0.4, -0.2) is 44.5 Å². The van der Waals surface area contributed by atoms with Crippen LogP contribution in [-0.2, 0) is 15.0 Å². The van der Waals surface area contributed by atoms with Gasteiger partial charge in [-0.1, -0.05) is 36.6 Å². The van der Waals surface area contributed by atoms with Crippen molar-refractivity contribution in [3.63, 3.8) is 0 Å². The monoisotopic (exact) mass is 437 g/mol. The number of rotatable bonds is 4. The average molecular weight is 438 g/mol. The molecule has 2 amide bonds. The lowest BCUT2D eigenvalue weighted by atomic mass is 9.77. The van der Waals surface area contributed by atoms with Crippen molar-refractivity contribution in [1.82, 2.24) is 20.1 Å². The Morgan fingerprint density at radius 2 is 2.00 bits per heavy atom. The topological polar surface area (TPSA) is 91.0 Å². The Hall–Kier alpha value is -2.93. The van der Waals surface area contributed by atoms with Gasteiger partial charge in [0, 0.05) is 17.0 Å². The van der Waals surface area contributed by atoms with Gasteiger partial charge < -0.3 is 10.2 Å². The largest absolute Gasteiger partial charge is 0.330 e. The van der Waals surface area contributed by atoms with Gasteiger partial charge in [0.2, 0.25) is 11.8 Å². The Kier molecular flexibility index (Phi) is 5.14. The number of halogens is 1. The van der Waals surface area contributed by atoms with Crippen LogP contribution in [0.2, 0.25) is 5.02 Å². The number of likely N-dealkylation sites (tertiary alicyclic amines) is 1. The van der Waals surface area contributed by atoms with E-state index in [1.54, 1.807) is 17.3 Å². The summed E-state index contributed by atoms with van der Waals surface area (Å²) in [7, 11) is 0. The Bertz CT molecular complexity index is 1140. The molecule has 0 bridgehead atoms. The van der Waals surface area contributed by atoms with Crippen LogP contribution in [0, 0.1) is 0 Å². The molecule has 5 rings (SSSR count). The summed E-state index contributed by atoms with van der Waals surface area (Å²) in [6.45, 7) is 0.595. The molecular formula is C23H24ClN5O2. The third-order valence-corrected chi connectivity index (χ3v) is 6.85. The van der Waals surface area contributed by atoms with E-state index >= 15 is 0 Å². The first kappa shape index (κ1) is 20.0. The number of nitrogens with zero attached hydrogens (tertiary/aromatic N) is 3. The Morgan fingerprint density at radius 1 is 1.16 bits per heavy atom. The molecule has 1 saturated heterocycles. The fraction of sp³-hybridized carbons (Fsp3) is 0.391. The van der Waals surface area contributed by atoms with Crippen molar-refractivity contribution in [3.05, 3.63) is 53.3 Å². The van der Waals surface area contributed by atoms with E-state index in [9.17, 15) is 9.59 Å². The van der Waals surface area contributed by atoms with E-state index in [4.69, 9.17) is 11.6 Å². The quantitative estimate of drug-likeness (QED) is 0.644. The van der Waals surface area contributed by atoms with Crippen LogP contribution in [0.15, 0.2) is 42.7 Å². The number of aromatic nitrogens is 3. The highest BCUT2D eigenvalue weighted by Gasteiger charge is 2.48. The summed E-state index contributed by atoms with van der Waals surface area (Å²) in [5.74, 6) is -0.122. The van der Waals surface area contributed by atoms with Gasteiger partial charge >= 0.3 is 0 Å². The molecule has 1 aliphatic carbocycles. The molecule has 0 spiro atoms. The molecule has 2 N–H and O–H groups in total. The maximum Gasteiger partial charge on any atom is 0.247 e. The van der Waals surface area contributed by atoms with Gasteiger partial charge in [-0.2, -0.15) is 5.10 Å². The highest BCUT2D eigenvalue weighted by molar-refractivity contribution is 6.30. The Labute approximate surface area is 185 Å². The average Bonchev–Trinajstić information content (AvgIpc) is 3.53. The van der Waals surface area contributed by atoms with Crippen LogP contribution in [0.25, 0.3) is 11.0 Å². The zero-order chi connectivity index (χ0) is 21.4. The first-order chi connectivity index (χ1) is 15.1. The number of anilines is 1. The van der Waals surface area contributed by atoms with Crippen LogP contribution in [0.1, 0.15) is 44.1 Å². The second kappa shape index (κ2) is 7.96. The lowest BCUT2D eigenvalue weighted by Crippen LogP contribution is -2.51. The Balaban J connectivity index is 1.39. The minimum Gasteiger partial charge on any atom is -0.330 e. The number of hydrogen-bond acceptors (Lipinski definition) is 4. The fourth-order valence-corrected chi connectivity index (χ4v) is 5.27. The van der Waals surface area contributed by atoms with E-state index in [2.05, 4.69) is 20.5 Å². The molecule has 1 atom stereocenters. The number of amides is 2. The number of pyridine rings is 1. The Morgan fingerprint density at radius 3 is 2.81 bits per heavy atom. The first-order valence-electron chi connectivity index (χ1n) is 10.7. The normalized spacial score (nSPS) is 20.3. The van der Waals surface area contributed by atoms with Crippen LogP contribution in [0.3, 0.4) is 0 Å². The van der Waals surface area contributed by atoms with Crippen LogP contribution in [0.4, 0.5) is 5.69 Å².